The van der Waals surface area contributed by atoms with Crippen molar-refractivity contribution in [2.75, 3.05) is 0 Å². The predicted octanol–water partition coefficient (Wildman–Crippen LogP) is 2.74. The lowest BCUT2D eigenvalue weighted by atomic mass is 9.92. The molecule has 0 radical (unpaired) electrons. The van der Waals surface area contributed by atoms with Gasteiger partial charge in [0.15, 0.2) is 0 Å². The van der Waals surface area contributed by atoms with E-state index in [0.29, 0.717) is 4.88 Å². The second-order valence-corrected chi connectivity index (χ2v) is 9.43. The Labute approximate surface area is 151 Å². The summed E-state index contributed by atoms with van der Waals surface area (Å²) in [6, 6.07) is 7.09. The number of amides is 1. The Bertz CT molecular complexity index is 910. The Hall–Kier alpha value is -1.70. The van der Waals surface area contributed by atoms with Gasteiger partial charge in [-0.25, -0.2) is 8.42 Å². The maximum atomic E-state index is 12.5. The van der Waals surface area contributed by atoms with Crippen molar-refractivity contribution in [3.8, 4) is 0 Å². The van der Waals surface area contributed by atoms with Gasteiger partial charge in [-0.1, -0.05) is 6.07 Å². The van der Waals surface area contributed by atoms with Gasteiger partial charge in [0.1, 0.15) is 0 Å². The van der Waals surface area contributed by atoms with E-state index < -0.39 is 15.9 Å². The topological polar surface area (TPSA) is 75.3 Å². The number of hydrogen-bond donors (Lipinski definition) is 2. The Morgan fingerprint density at radius 3 is 2.48 bits per heavy atom. The standard InChI is InChI=1S/C18H20N2O3S2/c21-18(17-11-14-6-3-7-16(14)24-17)19-20-25(22,23)15-9-8-12-4-1-2-5-13(12)10-15/h8-11,20H,1-7H2,(H,19,21). The fourth-order valence-electron chi connectivity index (χ4n) is 3.55. The molecule has 2 aliphatic carbocycles. The SMILES string of the molecule is O=C(NNS(=O)(=O)c1ccc2c(c1)CCCC2)c1cc2c(s1)CCC2. The van der Waals surface area contributed by atoms with E-state index in [9.17, 15) is 13.2 Å². The summed E-state index contributed by atoms with van der Waals surface area (Å²) in [5.41, 5.74) is 5.87. The molecule has 1 aromatic carbocycles. The number of hydrazine groups is 1. The molecule has 2 N–H and O–H groups in total. The van der Waals surface area contributed by atoms with Gasteiger partial charge >= 0.3 is 0 Å². The smallest absolute Gasteiger partial charge is 0.273 e. The lowest BCUT2D eigenvalue weighted by molar-refractivity contribution is 0.0949. The zero-order chi connectivity index (χ0) is 17.4. The summed E-state index contributed by atoms with van der Waals surface area (Å²) in [7, 11) is -3.77. The van der Waals surface area contributed by atoms with E-state index in [0.717, 1.165) is 50.5 Å². The Kier molecular flexibility index (Phi) is 4.39. The van der Waals surface area contributed by atoms with Crippen LogP contribution in [0.4, 0.5) is 0 Å². The zero-order valence-electron chi connectivity index (χ0n) is 13.8. The molecule has 0 saturated carbocycles. The molecule has 0 atom stereocenters. The number of carbonyl (C=O) groups excluding carboxylic acids is 1. The summed E-state index contributed by atoms with van der Waals surface area (Å²) in [5.74, 6) is -0.402. The molecular formula is C18H20N2O3S2. The molecule has 2 aromatic rings. The van der Waals surface area contributed by atoms with E-state index in [1.54, 1.807) is 12.1 Å². The molecule has 0 bridgehead atoms. The van der Waals surface area contributed by atoms with E-state index in [1.165, 1.54) is 27.3 Å². The van der Waals surface area contributed by atoms with Gasteiger partial charge in [-0.05, 0) is 79.8 Å². The third-order valence-corrected chi connectivity index (χ3v) is 7.38. The second kappa shape index (κ2) is 6.55. The lowest BCUT2D eigenvalue weighted by Crippen LogP contribution is -2.41. The largest absolute Gasteiger partial charge is 0.276 e. The molecule has 5 nitrogen and oxygen atoms in total. The van der Waals surface area contributed by atoms with Gasteiger partial charge in [0.2, 0.25) is 0 Å². The molecule has 2 aliphatic rings. The number of carbonyl (C=O) groups is 1. The van der Waals surface area contributed by atoms with Crippen LogP contribution in [0.2, 0.25) is 0 Å². The Morgan fingerprint density at radius 2 is 1.68 bits per heavy atom. The van der Waals surface area contributed by atoms with Crippen LogP contribution in [0.25, 0.3) is 0 Å². The fraction of sp³-hybridized carbons (Fsp3) is 0.389. The highest BCUT2D eigenvalue weighted by atomic mass is 32.2. The van der Waals surface area contributed by atoms with Crippen LogP contribution < -0.4 is 10.3 Å². The van der Waals surface area contributed by atoms with Crippen molar-refractivity contribution in [1.82, 2.24) is 10.3 Å². The summed E-state index contributed by atoms with van der Waals surface area (Å²) in [6.07, 6.45) is 7.29. The summed E-state index contributed by atoms with van der Waals surface area (Å²) in [4.78, 5) is 16.4. The van der Waals surface area contributed by atoms with Crippen molar-refractivity contribution in [3.63, 3.8) is 0 Å². The van der Waals surface area contributed by atoms with Gasteiger partial charge < -0.3 is 0 Å². The van der Waals surface area contributed by atoms with Crippen LogP contribution in [-0.2, 0) is 35.7 Å². The van der Waals surface area contributed by atoms with Gasteiger partial charge in [-0.2, -0.15) is 0 Å². The number of aryl methyl sites for hydroxylation is 4. The molecule has 1 aromatic heterocycles. The first-order valence-electron chi connectivity index (χ1n) is 8.58. The van der Waals surface area contributed by atoms with Crippen LogP contribution >= 0.6 is 11.3 Å². The molecule has 4 rings (SSSR count). The van der Waals surface area contributed by atoms with E-state index in [1.807, 2.05) is 12.1 Å². The second-order valence-electron chi connectivity index (χ2n) is 6.61. The van der Waals surface area contributed by atoms with Gasteiger partial charge in [-0.15, -0.1) is 16.2 Å². The Balaban J connectivity index is 1.46. The maximum absolute atomic E-state index is 12.5. The highest BCUT2D eigenvalue weighted by molar-refractivity contribution is 7.89. The average Bonchev–Trinajstić information content (AvgIpc) is 3.21. The molecule has 25 heavy (non-hydrogen) atoms. The molecule has 1 heterocycles. The molecule has 0 unspecified atom stereocenters. The summed E-state index contributed by atoms with van der Waals surface area (Å²) < 4.78 is 24.9. The number of rotatable bonds is 4. The van der Waals surface area contributed by atoms with Crippen LogP contribution in [-0.4, -0.2) is 14.3 Å². The van der Waals surface area contributed by atoms with Crippen molar-refractivity contribution in [2.24, 2.45) is 0 Å². The quantitative estimate of drug-likeness (QED) is 0.806. The predicted molar refractivity (Wildman–Crippen MR) is 97.2 cm³/mol. The number of sulfonamides is 1. The summed E-state index contributed by atoms with van der Waals surface area (Å²) in [6.45, 7) is 0. The van der Waals surface area contributed by atoms with Gasteiger partial charge in [0, 0.05) is 4.88 Å². The van der Waals surface area contributed by atoms with E-state index >= 15 is 0 Å². The minimum absolute atomic E-state index is 0.196. The monoisotopic (exact) mass is 376 g/mol. The van der Waals surface area contributed by atoms with Crippen LogP contribution in [0, 0.1) is 0 Å². The molecule has 1 amide bonds. The van der Waals surface area contributed by atoms with Crippen molar-refractivity contribution in [2.45, 2.75) is 49.8 Å². The number of thiophene rings is 1. The number of benzene rings is 1. The number of hydrogen-bond acceptors (Lipinski definition) is 4. The summed E-state index contributed by atoms with van der Waals surface area (Å²) >= 11 is 1.45. The first kappa shape index (κ1) is 16.8. The van der Waals surface area contributed by atoms with Crippen LogP contribution in [0.15, 0.2) is 29.2 Å². The zero-order valence-corrected chi connectivity index (χ0v) is 15.4. The molecule has 132 valence electrons. The maximum Gasteiger partial charge on any atom is 0.276 e. The molecule has 0 spiro atoms. The van der Waals surface area contributed by atoms with Crippen molar-refractivity contribution in [1.29, 1.82) is 0 Å². The van der Waals surface area contributed by atoms with Crippen molar-refractivity contribution < 1.29 is 13.2 Å². The first-order valence-corrected chi connectivity index (χ1v) is 10.9. The third-order valence-electron chi connectivity index (χ3n) is 4.90. The van der Waals surface area contributed by atoms with Crippen LogP contribution in [0.3, 0.4) is 0 Å². The Morgan fingerprint density at radius 1 is 0.920 bits per heavy atom. The molecule has 0 aliphatic heterocycles. The highest BCUT2D eigenvalue weighted by Crippen LogP contribution is 2.30. The fourth-order valence-corrected chi connectivity index (χ4v) is 5.59. The molecule has 0 saturated heterocycles. The number of fused-ring (bicyclic) bond motifs is 2. The average molecular weight is 377 g/mol. The first-order chi connectivity index (χ1) is 12.0. The normalized spacial score (nSPS) is 16.3. The minimum Gasteiger partial charge on any atom is -0.273 e. The van der Waals surface area contributed by atoms with Gasteiger partial charge in [0.05, 0.1) is 9.77 Å². The third kappa shape index (κ3) is 3.36. The van der Waals surface area contributed by atoms with Crippen LogP contribution in [0.5, 0.6) is 0 Å². The van der Waals surface area contributed by atoms with E-state index in [2.05, 4.69) is 10.3 Å². The number of nitrogens with one attached hydrogen (secondary N) is 2. The van der Waals surface area contributed by atoms with Gasteiger partial charge in [0.25, 0.3) is 15.9 Å². The van der Waals surface area contributed by atoms with E-state index in [4.69, 9.17) is 0 Å². The molecular weight excluding hydrogens is 356 g/mol. The molecule has 0 fully saturated rings. The molecule has 7 heteroatoms. The van der Waals surface area contributed by atoms with Gasteiger partial charge in [-0.3, -0.25) is 10.2 Å². The summed E-state index contributed by atoms with van der Waals surface area (Å²) in [5, 5.41) is 0. The highest BCUT2D eigenvalue weighted by Gasteiger charge is 2.21. The lowest BCUT2D eigenvalue weighted by Gasteiger charge is -2.16. The minimum atomic E-state index is -3.77. The van der Waals surface area contributed by atoms with Crippen LogP contribution in [0.1, 0.15) is 50.5 Å². The van der Waals surface area contributed by atoms with Crippen molar-refractivity contribution >= 4 is 27.3 Å². The van der Waals surface area contributed by atoms with Crippen molar-refractivity contribution in [3.05, 3.63) is 50.7 Å². The van der Waals surface area contributed by atoms with E-state index in [-0.39, 0.29) is 4.90 Å².